The molecule has 1 aliphatic rings. The lowest BCUT2D eigenvalue weighted by atomic mass is 10.00. The van der Waals surface area contributed by atoms with Crippen LogP contribution in [0.5, 0.6) is 17.2 Å². The maximum atomic E-state index is 11.6. The second kappa shape index (κ2) is 10.0. The Bertz CT molecular complexity index is 1180. The molecule has 1 atom stereocenters. The van der Waals surface area contributed by atoms with E-state index in [0.29, 0.717) is 23.7 Å². The van der Waals surface area contributed by atoms with E-state index in [2.05, 4.69) is 11.4 Å². The summed E-state index contributed by atoms with van der Waals surface area (Å²) in [5.41, 5.74) is 4.64. The van der Waals surface area contributed by atoms with E-state index >= 15 is 0 Å². The average molecular weight is 463 g/mol. The number of anilines is 1. The van der Waals surface area contributed by atoms with Gasteiger partial charge in [0.15, 0.2) is 11.5 Å². The fourth-order valence-corrected chi connectivity index (χ4v) is 5.06. The van der Waals surface area contributed by atoms with Gasteiger partial charge in [-0.05, 0) is 47.5 Å². The lowest BCUT2D eigenvalue weighted by molar-refractivity contribution is -0.114. The van der Waals surface area contributed by atoms with Crippen molar-refractivity contribution in [3.05, 3.63) is 71.8 Å². The van der Waals surface area contributed by atoms with Gasteiger partial charge in [0.25, 0.3) is 0 Å². The van der Waals surface area contributed by atoms with Gasteiger partial charge in [-0.15, -0.1) is 11.8 Å². The molecule has 4 rings (SSSR count). The zero-order chi connectivity index (χ0) is 23.4. The molecule has 0 unspecified atom stereocenters. The van der Waals surface area contributed by atoms with Crippen LogP contribution >= 0.6 is 11.8 Å². The summed E-state index contributed by atoms with van der Waals surface area (Å²) in [6.07, 6.45) is 0.682. The second-order valence-electron chi connectivity index (χ2n) is 7.56. The summed E-state index contributed by atoms with van der Waals surface area (Å²) >= 11 is 1.76. The molecule has 1 heterocycles. The summed E-state index contributed by atoms with van der Waals surface area (Å²) in [4.78, 5) is 17.7. The largest absolute Gasteiger partial charge is 0.493 e. The molecular weight excluding hydrogens is 436 g/mol. The summed E-state index contributed by atoms with van der Waals surface area (Å²) in [6, 6.07) is 19.9. The number of methoxy groups -OCH3 is 3. The SMILES string of the molecule is COc1cc([C@H]2CC(c3cccc(NC(C)=O)c3)=Nc3ccccc3S2)cc(OC)c1OC. The normalized spacial score (nSPS) is 15.0. The van der Waals surface area contributed by atoms with Crippen LogP contribution in [0.3, 0.4) is 0 Å². The molecule has 7 heteroatoms. The average Bonchev–Trinajstić information content (AvgIpc) is 3.02. The molecule has 1 aliphatic heterocycles. The first-order valence-electron chi connectivity index (χ1n) is 10.5. The number of nitrogens with one attached hydrogen (secondary N) is 1. The van der Waals surface area contributed by atoms with Gasteiger partial charge in [-0.1, -0.05) is 24.3 Å². The summed E-state index contributed by atoms with van der Waals surface area (Å²) < 4.78 is 16.7. The van der Waals surface area contributed by atoms with Crippen LogP contribution < -0.4 is 19.5 Å². The predicted octanol–water partition coefficient (Wildman–Crippen LogP) is 6.03. The molecule has 1 N–H and O–H groups in total. The van der Waals surface area contributed by atoms with E-state index in [0.717, 1.165) is 33.1 Å². The van der Waals surface area contributed by atoms with Crippen molar-refractivity contribution in [1.29, 1.82) is 0 Å². The number of rotatable bonds is 6. The maximum Gasteiger partial charge on any atom is 0.221 e. The van der Waals surface area contributed by atoms with Crippen molar-refractivity contribution in [2.75, 3.05) is 26.6 Å². The Balaban J connectivity index is 1.80. The van der Waals surface area contributed by atoms with Crippen LogP contribution in [0.25, 0.3) is 0 Å². The van der Waals surface area contributed by atoms with Crippen LogP contribution in [-0.4, -0.2) is 32.9 Å². The van der Waals surface area contributed by atoms with Crippen LogP contribution in [0.1, 0.15) is 29.7 Å². The number of fused-ring (bicyclic) bond motifs is 1. The molecule has 170 valence electrons. The molecule has 0 radical (unpaired) electrons. The summed E-state index contributed by atoms with van der Waals surface area (Å²) in [5, 5.41) is 2.92. The zero-order valence-electron chi connectivity index (χ0n) is 19.0. The maximum absolute atomic E-state index is 11.6. The number of hydrogen-bond donors (Lipinski definition) is 1. The first-order valence-corrected chi connectivity index (χ1v) is 11.4. The van der Waals surface area contributed by atoms with E-state index in [1.54, 1.807) is 33.1 Å². The molecule has 3 aromatic rings. The van der Waals surface area contributed by atoms with Gasteiger partial charge in [0.2, 0.25) is 11.7 Å². The summed E-state index contributed by atoms with van der Waals surface area (Å²) in [7, 11) is 4.84. The molecule has 0 spiro atoms. The number of carbonyl (C=O) groups is 1. The molecule has 3 aromatic carbocycles. The first-order chi connectivity index (χ1) is 16.0. The number of thioether (sulfide) groups is 1. The third-order valence-electron chi connectivity index (χ3n) is 5.34. The fourth-order valence-electron chi connectivity index (χ4n) is 3.85. The monoisotopic (exact) mass is 462 g/mol. The Morgan fingerprint density at radius 3 is 2.36 bits per heavy atom. The molecule has 0 fully saturated rings. The van der Waals surface area contributed by atoms with Crippen molar-refractivity contribution in [3.63, 3.8) is 0 Å². The molecule has 6 nitrogen and oxygen atoms in total. The van der Waals surface area contributed by atoms with Crippen LogP contribution in [0.2, 0.25) is 0 Å². The number of aliphatic imine (C=N–C) groups is 1. The van der Waals surface area contributed by atoms with E-state index in [1.807, 2.05) is 54.6 Å². The third kappa shape index (κ3) is 4.98. The minimum Gasteiger partial charge on any atom is -0.493 e. The summed E-state index contributed by atoms with van der Waals surface area (Å²) in [5.74, 6) is 1.71. The highest BCUT2D eigenvalue weighted by atomic mass is 32.2. The van der Waals surface area contributed by atoms with Crippen LogP contribution in [0, 0.1) is 0 Å². The first kappa shape index (κ1) is 22.7. The molecule has 1 amide bonds. The molecule has 0 saturated carbocycles. The van der Waals surface area contributed by atoms with Gasteiger partial charge in [0.1, 0.15) is 0 Å². The molecule has 0 aliphatic carbocycles. The third-order valence-corrected chi connectivity index (χ3v) is 6.67. The van der Waals surface area contributed by atoms with Crippen molar-refractivity contribution in [2.45, 2.75) is 23.5 Å². The number of benzene rings is 3. The topological polar surface area (TPSA) is 69.2 Å². The Labute approximate surface area is 198 Å². The number of amides is 1. The quantitative estimate of drug-likeness (QED) is 0.484. The molecule has 0 saturated heterocycles. The lowest BCUT2D eigenvalue weighted by Crippen LogP contribution is -2.09. The van der Waals surface area contributed by atoms with E-state index in [-0.39, 0.29) is 11.2 Å². The van der Waals surface area contributed by atoms with Gasteiger partial charge < -0.3 is 19.5 Å². The van der Waals surface area contributed by atoms with Gasteiger partial charge >= 0.3 is 0 Å². The van der Waals surface area contributed by atoms with Crippen LogP contribution in [-0.2, 0) is 4.79 Å². The van der Waals surface area contributed by atoms with E-state index in [9.17, 15) is 4.79 Å². The van der Waals surface area contributed by atoms with Gasteiger partial charge in [-0.25, -0.2) is 0 Å². The second-order valence-corrected chi connectivity index (χ2v) is 8.80. The minimum atomic E-state index is -0.105. The molecule has 33 heavy (non-hydrogen) atoms. The van der Waals surface area contributed by atoms with Crippen molar-refractivity contribution in [2.24, 2.45) is 4.99 Å². The zero-order valence-corrected chi connectivity index (χ0v) is 19.9. The number of carbonyl (C=O) groups excluding carboxylic acids is 1. The van der Waals surface area contributed by atoms with Crippen molar-refractivity contribution in [1.82, 2.24) is 0 Å². The van der Waals surface area contributed by atoms with E-state index < -0.39 is 0 Å². The highest BCUT2D eigenvalue weighted by Crippen LogP contribution is 2.49. The fraction of sp³-hybridized carbons (Fsp3) is 0.231. The van der Waals surface area contributed by atoms with Crippen molar-refractivity contribution >= 4 is 34.8 Å². The van der Waals surface area contributed by atoms with E-state index in [1.165, 1.54) is 6.92 Å². The van der Waals surface area contributed by atoms with Crippen molar-refractivity contribution in [3.8, 4) is 17.2 Å². The van der Waals surface area contributed by atoms with Gasteiger partial charge in [-0.2, -0.15) is 0 Å². The smallest absolute Gasteiger partial charge is 0.221 e. The number of para-hydroxylation sites is 1. The molecular formula is C26H26N2O4S. The van der Waals surface area contributed by atoms with Crippen molar-refractivity contribution < 1.29 is 19.0 Å². The highest BCUT2D eigenvalue weighted by molar-refractivity contribution is 7.99. The number of hydrogen-bond acceptors (Lipinski definition) is 6. The van der Waals surface area contributed by atoms with Crippen LogP contribution in [0.4, 0.5) is 11.4 Å². The molecule has 0 aromatic heterocycles. The van der Waals surface area contributed by atoms with E-state index in [4.69, 9.17) is 19.2 Å². The summed E-state index contributed by atoms with van der Waals surface area (Å²) in [6.45, 7) is 1.50. The van der Waals surface area contributed by atoms with Gasteiger partial charge in [0, 0.05) is 34.9 Å². The standard InChI is InChI=1S/C26H26N2O4S/c1-16(29)27-19-9-7-8-17(12-19)21-15-25(33-24-11-6-5-10-20(24)28-21)18-13-22(30-2)26(32-4)23(14-18)31-3/h5-14,25H,15H2,1-4H3,(H,27,29)/t25-/m1/s1. The van der Waals surface area contributed by atoms with Gasteiger partial charge in [-0.3, -0.25) is 9.79 Å². The Hall–Kier alpha value is -3.45. The number of nitrogens with zero attached hydrogens (tertiary/aromatic N) is 1. The predicted molar refractivity (Wildman–Crippen MR) is 133 cm³/mol. The Morgan fingerprint density at radius 2 is 1.70 bits per heavy atom. The molecule has 0 bridgehead atoms. The number of ether oxygens (including phenoxy) is 3. The van der Waals surface area contributed by atoms with Crippen LogP contribution in [0.15, 0.2) is 70.6 Å². The Morgan fingerprint density at radius 1 is 0.970 bits per heavy atom. The minimum absolute atomic E-state index is 0.0607. The Kier molecular flexibility index (Phi) is 6.89. The lowest BCUT2D eigenvalue weighted by Gasteiger charge is -2.20. The van der Waals surface area contributed by atoms with Gasteiger partial charge in [0.05, 0.1) is 27.0 Å². The highest BCUT2D eigenvalue weighted by Gasteiger charge is 2.25.